The van der Waals surface area contributed by atoms with Gasteiger partial charge in [0.2, 0.25) is 11.6 Å². The van der Waals surface area contributed by atoms with Gasteiger partial charge in [0, 0.05) is 26.2 Å². The van der Waals surface area contributed by atoms with E-state index in [1.165, 1.54) is 6.33 Å². The van der Waals surface area contributed by atoms with Crippen LogP contribution in [0, 0.1) is 10.1 Å². The minimum absolute atomic E-state index is 0.0518. The third-order valence-corrected chi connectivity index (χ3v) is 4.55. The zero-order valence-electron chi connectivity index (χ0n) is 15.2. The molecule has 0 atom stereocenters. The van der Waals surface area contributed by atoms with Gasteiger partial charge in [0.15, 0.2) is 0 Å². The number of nitrogens with zero attached hydrogens (tertiary/aromatic N) is 5. The summed E-state index contributed by atoms with van der Waals surface area (Å²) in [4.78, 5) is 34.5. The number of carbonyl (C=O) groups is 1. The van der Waals surface area contributed by atoms with Crippen molar-refractivity contribution in [3.8, 4) is 0 Å². The van der Waals surface area contributed by atoms with Crippen LogP contribution in [0.15, 0.2) is 30.6 Å². The number of rotatable bonds is 5. The summed E-state index contributed by atoms with van der Waals surface area (Å²) < 4.78 is 4.99. The monoisotopic (exact) mass is 406 g/mol. The van der Waals surface area contributed by atoms with Gasteiger partial charge < -0.3 is 19.9 Å². The Balaban J connectivity index is 1.83. The van der Waals surface area contributed by atoms with Crippen molar-refractivity contribution in [3.63, 3.8) is 0 Å². The molecule has 10 nitrogen and oxygen atoms in total. The summed E-state index contributed by atoms with van der Waals surface area (Å²) in [6.45, 7) is 3.59. The highest BCUT2D eigenvalue weighted by Gasteiger charge is 2.30. The fourth-order valence-electron chi connectivity index (χ4n) is 2.87. The zero-order valence-corrected chi connectivity index (χ0v) is 15.9. The second-order valence-electron chi connectivity index (χ2n) is 5.93. The van der Waals surface area contributed by atoms with Gasteiger partial charge in [-0.3, -0.25) is 10.1 Å². The number of benzene rings is 1. The molecule has 1 aliphatic rings. The van der Waals surface area contributed by atoms with Gasteiger partial charge in [-0.25, -0.2) is 14.8 Å². The molecule has 0 bridgehead atoms. The highest BCUT2D eigenvalue weighted by molar-refractivity contribution is 6.33. The SMILES string of the molecule is CCOC(=O)N1CCN(c2ncnc(Nc3ccccc3Cl)c2[N+](=O)[O-])CC1. The lowest BCUT2D eigenvalue weighted by molar-refractivity contribution is -0.383. The van der Waals surface area contributed by atoms with Gasteiger partial charge in [0.05, 0.1) is 22.2 Å². The Bertz CT molecular complexity index is 872. The molecule has 1 amide bonds. The lowest BCUT2D eigenvalue weighted by Gasteiger charge is -2.34. The van der Waals surface area contributed by atoms with E-state index in [1.54, 1.807) is 41.0 Å². The molecule has 28 heavy (non-hydrogen) atoms. The standard InChI is InChI=1S/C17H19ClN6O4/c1-2-28-17(25)23-9-7-22(8-10-23)16-14(24(26)27)15(19-11-20-16)21-13-6-4-3-5-12(13)18/h3-6,11H,2,7-10H2,1H3,(H,19,20,21). The Morgan fingerprint density at radius 2 is 2.00 bits per heavy atom. The third-order valence-electron chi connectivity index (χ3n) is 4.22. The lowest BCUT2D eigenvalue weighted by atomic mass is 10.3. The number of hydrogen-bond donors (Lipinski definition) is 1. The second-order valence-corrected chi connectivity index (χ2v) is 6.34. The Morgan fingerprint density at radius 1 is 1.29 bits per heavy atom. The number of aromatic nitrogens is 2. The average molecular weight is 407 g/mol. The normalized spacial score (nSPS) is 13.9. The Kier molecular flexibility index (Phi) is 6.09. The first-order valence-electron chi connectivity index (χ1n) is 8.68. The molecular formula is C17H19ClN6O4. The van der Waals surface area contributed by atoms with Gasteiger partial charge in [-0.05, 0) is 19.1 Å². The van der Waals surface area contributed by atoms with Crippen LogP contribution in [0.2, 0.25) is 5.02 Å². The van der Waals surface area contributed by atoms with Crippen LogP contribution in [-0.4, -0.2) is 58.7 Å². The molecule has 1 fully saturated rings. The van der Waals surface area contributed by atoms with Gasteiger partial charge >= 0.3 is 11.8 Å². The van der Waals surface area contributed by atoms with E-state index < -0.39 is 4.92 Å². The molecule has 0 saturated carbocycles. The van der Waals surface area contributed by atoms with Crippen LogP contribution in [0.1, 0.15) is 6.92 Å². The number of ether oxygens (including phenoxy) is 1. The summed E-state index contributed by atoms with van der Waals surface area (Å²) in [7, 11) is 0. The van der Waals surface area contributed by atoms with Gasteiger partial charge in [0.25, 0.3) is 0 Å². The van der Waals surface area contributed by atoms with E-state index in [-0.39, 0.29) is 23.4 Å². The molecule has 1 N–H and O–H groups in total. The molecule has 1 aromatic carbocycles. The van der Waals surface area contributed by atoms with Crippen molar-refractivity contribution in [2.45, 2.75) is 6.92 Å². The molecule has 2 heterocycles. The quantitative estimate of drug-likeness (QED) is 0.595. The number of nitrogens with one attached hydrogen (secondary N) is 1. The Hall–Kier alpha value is -3.14. The van der Waals surface area contributed by atoms with Crippen molar-refractivity contribution < 1.29 is 14.5 Å². The van der Waals surface area contributed by atoms with Crippen LogP contribution in [0.4, 0.5) is 27.8 Å². The lowest BCUT2D eigenvalue weighted by Crippen LogP contribution is -2.49. The fourth-order valence-corrected chi connectivity index (χ4v) is 3.05. The van der Waals surface area contributed by atoms with Gasteiger partial charge in [-0.15, -0.1) is 0 Å². The number of carbonyl (C=O) groups excluding carboxylic acids is 1. The van der Waals surface area contributed by atoms with E-state index in [0.29, 0.717) is 43.5 Å². The summed E-state index contributed by atoms with van der Waals surface area (Å²) in [5.74, 6) is 0.244. The minimum Gasteiger partial charge on any atom is -0.450 e. The highest BCUT2D eigenvalue weighted by Crippen LogP contribution is 2.35. The molecule has 2 aromatic rings. The minimum atomic E-state index is -0.522. The van der Waals surface area contributed by atoms with Crippen molar-refractivity contribution in [1.82, 2.24) is 14.9 Å². The van der Waals surface area contributed by atoms with Crippen molar-refractivity contribution in [3.05, 3.63) is 45.7 Å². The molecular weight excluding hydrogens is 388 g/mol. The molecule has 0 spiro atoms. The first kappa shape index (κ1) is 19.6. The van der Waals surface area contributed by atoms with E-state index >= 15 is 0 Å². The van der Waals surface area contributed by atoms with Crippen LogP contribution < -0.4 is 10.2 Å². The first-order chi connectivity index (χ1) is 13.5. The summed E-state index contributed by atoms with van der Waals surface area (Å²) in [6, 6.07) is 6.89. The van der Waals surface area contributed by atoms with E-state index in [1.807, 2.05) is 0 Å². The topological polar surface area (TPSA) is 114 Å². The molecule has 1 aliphatic heterocycles. The van der Waals surface area contributed by atoms with Crippen LogP contribution in [0.3, 0.4) is 0 Å². The summed E-state index contributed by atoms with van der Waals surface area (Å²) in [5, 5.41) is 15.1. The Labute approximate surface area is 166 Å². The van der Waals surface area contributed by atoms with E-state index in [4.69, 9.17) is 16.3 Å². The molecule has 11 heteroatoms. The van der Waals surface area contributed by atoms with Crippen molar-refractivity contribution in [2.24, 2.45) is 0 Å². The van der Waals surface area contributed by atoms with Gasteiger partial charge in [-0.1, -0.05) is 23.7 Å². The van der Waals surface area contributed by atoms with E-state index in [9.17, 15) is 14.9 Å². The van der Waals surface area contributed by atoms with Gasteiger partial charge in [-0.2, -0.15) is 0 Å². The second kappa shape index (κ2) is 8.70. The Morgan fingerprint density at radius 3 is 2.64 bits per heavy atom. The fraction of sp³-hybridized carbons (Fsp3) is 0.353. The number of para-hydroxylation sites is 1. The van der Waals surface area contributed by atoms with Crippen LogP contribution in [-0.2, 0) is 4.74 Å². The number of halogens is 1. The summed E-state index contributed by atoms with van der Waals surface area (Å²) in [5.41, 5.74) is 0.260. The highest BCUT2D eigenvalue weighted by atomic mass is 35.5. The van der Waals surface area contributed by atoms with Gasteiger partial charge in [0.1, 0.15) is 6.33 Å². The van der Waals surface area contributed by atoms with Crippen molar-refractivity contribution in [1.29, 1.82) is 0 Å². The molecule has 1 aromatic heterocycles. The molecule has 0 aliphatic carbocycles. The average Bonchev–Trinajstić information content (AvgIpc) is 2.69. The molecule has 1 saturated heterocycles. The number of anilines is 3. The number of piperazine rings is 1. The molecule has 0 radical (unpaired) electrons. The summed E-state index contributed by atoms with van der Waals surface area (Å²) in [6.07, 6.45) is 0.875. The number of hydrogen-bond acceptors (Lipinski definition) is 8. The summed E-state index contributed by atoms with van der Waals surface area (Å²) >= 11 is 6.13. The van der Waals surface area contributed by atoms with Crippen LogP contribution in [0.5, 0.6) is 0 Å². The van der Waals surface area contributed by atoms with E-state index in [0.717, 1.165) is 0 Å². The van der Waals surface area contributed by atoms with E-state index in [2.05, 4.69) is 15.3 Å². The number of amides is 1. The van der Waals surface area contributed by atoms with Crippen molar-refractivity contribution in [2.75, 3.05) is 43.0 Å². The number of nitro groups is 1. The smallest absolute Gasteiger partial charge is 0.409 e. The predicted molar refractivity (Wildman–Crippen MR) is 104 cm³/mol. The maximum atomic E-state index is 11.8. The zero-order chi connectivity index (χ0) is 20.1. The van der Waals surface area contributed by atoms with Crippen molar-refractivity contribution >= 4 is 40.7 Å². The maximum Gasteiger partial charge on any atom is 0.409 e. The largest absolute Gasteiger partial charge is 0.450 e. The van der Waals surface area contributed by atoms with Crippen LogP contribution in [0.25, 0.3) is 0 Å². The predicted octanol–water partition coefficient (Wildman–Crippen LogP) is 3.06. The van der Waals surface area contributed by atoms with Crippen LogP contribution >= 0.6 is 11.6 Å². The third kappa shape index (κ3) is 4.22. The molecule has 3 rings (SSSR count). The molecule has 148 valence electrons. The maximum absolute atomic E-state index is 11.8. The molecule has 0 unspecified atom stereocenters. The first-order valence-corrected chi connectivity index (χ1v) is 9.06.